The fraction of sp³-hybridized carbons (Fsp3) is 0. The van der Waals surface area contributed by atoms with Gasteiger partial charge < -0.3 is 9.13 Å². The number of fused-ring (bicyclic) bond motifs is 6. The molecule has 0 unspecified atom stereocenters. The SMILES string of the molecule is [C-]#[N+]c1ccccc1-c1cc(-n2c3ccccc3c3ccccc32)ccc1-c1ccccc1-n1c2ccccc2c2ccccc21. The van der Waals surface area contributed by atoms with Crippen molar-refractivity contribution in [2.24, 2.45) is 0 Å². The number of hydrogen-bond acceptors (Lipinski definition) is 0. The predicted octanol–water partition coefficient (Wildman–Crippen LogP) is 11.8. The Balaban J connectivity index is 1.36. The molecular weight excluding hydrogens is 558 g/mol. The molecule has 0 atom stereocenters. The third-order valence-corrected chi connectivity index (χ3v) is 9.17. The van der Waals surface area contributed by atoms with Gasteiger partial charge in [0.15, 0.2) is 5.69 Å². The van der Waals surface area contributed by atoms with Gasteiger partial charge in [0, 0.05) is 32.8 Å². The fourth-order valence-electron chi connectivity index (χ4n) is 7.21. The Morgan fingerprint density at radius 3 is 1.39 bits per heavy atom. The maximum absolute atomic E-state index is 8.07. The maximum Gasteiger partial charge on any atom is 0.194 e. The number of benzene rings is 7. The summed E-state index contributed by atoms with van der Waals surface area (Å²) in [5.41, 5.74) is 11.6. The molecule has 0 aliphatic heterocycles. The second-order valence-corrected chi connectivity index (χ2v) is 11.6. The molecule has 2 heterocycles. The van der Waals surface area contributed by atoms with Crippen molar-refractivity contribution in [3.63, 3.8) is 0 Å². The van der Waals surface area contributed by atoms with Crippen LogP contribution in [-0.2, 0) is 0 Å². The molecule has 3 heteroatoms. The van der Waals surface area contributed by atoms with Crippen molar-refractivity contribution in [1.29, 1.82) is 0 Å². The predicted molar refractivity (Wildman–Crippen MR) is 192 cm³/mol. The Kier molecular flexibility index (Phi) is 5.88. The molecular formula is C43H27N3. The lowest BCUT2D eigenvalue weighted by Gasteiger charge is -2.19. The number of nitrogens with zero attached hydrogens (tertiary/aromatic N) is 3. The first-order chi connectivity index (χ1) is 22.8. The van der Waals surface area contributed by atoms with E-state index in [0.29, 0.717) is 5.69 Å². The summed E-state index contributed by atoms with van der Waals surface area (Å²) in [5.74, 6) is 0. The second-order valence-electron chi connectivity index (χ2n) is 11.6. The summed E-state index contributed by atoms with van der Waals surface area (Å²) >= 11 is 0. The van der Waals surface area contributed by atoms with Crippen LogP contribution in [0, 0.1) is 6.57 Å². The Hall–Kier alpha value is -6.37. The first kappa shape index (κ1) is 26.1. The molecule has 0 fully saturated rings. The molecule has 9 rings (SSSR count). The molecule has 214 valence electrons. The van der Waals surface area contributed by atoms with Gasteiger partial charge in [0.05, 0.1) is 34.3 Å². The van der Waals surface area contributed by atoms with Crippen molar-refractivity contribution in [3.8, 4) is 33.6 Å². The average molecular weight is 586 g/mol. The van der Waals surface area contributed by atoms with Crippen molar-refractivity contribution in [3.05, 3.63) is 175 Å². The lowest BCUT2D eigenvalue weighted by atomic mass is 9.92. The van der Waals surface area contributed by atoms with E-state index >= 15 is 0 Å². The lowest BCUT2D eigenvalue weighted by molar-refractivity contribution is 1.17. The van der Waals surface area contributed by atoms with Crippen LogP contribution < -0.4 is 0 Å². The zero-order chi connectivity index (χ0) is 30.6. The van der Waals surface area contributed by atoms with Crippen LogP contribution in [0.3, 0.4) is 0 Å². The van der Waals surface area contributed by atoms with Crippen LogP contribution in [0.15, 0.2) is 164 Å². The van der Waals surface area contributed by atoms with E-state index in [1.165, 1.54) is 32.6 Å². The summed E-state index contributed by atoms with van der Waals surface area (Å²) in [6.45, 7) is 8.07. The number of rotatable bonds is 4. The highest BCUT2D eigenvalue weighted by Gasteiger charge is 2.20. The third-order valence-electron chi connectivity index (χ3n) is 9.17. The molecule has 3 nitrogen and oxygen atoms in total. The van der Waals surface area contributed by atoms with Crippen molar-refractivity contribution in [1.82, 2.24) is 9.13 Å². The summed E-state index contributed by atoms with van der Waals surface area (Å²) in [6.07, 6.45) is 0. The van der Waals surface area contributed by atoms with Crippen molar-refractivity contribution < 1.29 is 0 Å². The van der Waals surface area contributed by atoms with Crippen LogP contribution >= 0.6 is 0 Å². The standard InChI is InChI=1S/C43H27N3/c1-44-38-20-8-2-14-31(38)37-28-29(45-39-21-9-4-16-33(39)34-17-5-10-22-40(34)45)26-27-30(37)32-15-3-11-23-41(32)46-42-24-12-6-18-35(42)36-19-7-13-25-43(36)46/h2-28H. The van der Waals surface area contributed by atoms with Gasteiger partial charge in [-0.05, 0) is 59.2 Å². The minimum absolute atomic E-state index is 0.637. The van der Waals surface area contributed by atoms with Crippen molar-refractivity contribution in [2.45, 2.75) is 0 Å². The first-order valence-corrected chi connectivity index (χ1v) is 15.5. The molecule has 0 saturated carbocycles. The third kappa shape index (κ3) is 3.84. The van der Waals surface area contributed by atoms with Gasteiger partial charge in [0.2, 0.25) is 0 Å². The Labute approximate surface area is 266 Å². The van der Waals surface area contributed by atoms with E-state index < -0.39 is 0 Å². The lowest BCUT2D eigenvalue weighted by Crippen LogP contribution is -1.99. The average Bonchev–Trinajstić information content (AvgIpc) is 3.64. The van der Waals surface area contributed by atoms with Crippen molar-refractivity contribution in [2.75, 3.05) is 0 Å². The Morgan fingerprint density at radius 2 is 0.826 bits per heavy atom. The van der Waals surface area contributed by atoms with Crippen LogP contribution in [0.5, 0.6) is 0 Å². The van der Waals surface area contributed by atoms with Gasteiger partial charge >= 0.3 is 0 Å². The van der Waals surface area contributed by atoms with Gasteiger partial charge in [0.1, 0.15) is 0 Å². The summed E-state index contributed by atoms with van der Waals surface area (Å²) in [7, 11) is 0. The number of para-hydroxylation sites is 6. The molecule has 0 spiro atoms. The molecule has 0 saturated heterocycles. The van der Waals surface area contributed by atoms with Crippen LogP contribution in [-0.4, -0.2) is 9.13 Å². The van der Waals surface area contributed by atoms with Gasteiger partial charge in [-0.2, -0.15) is 0 Å². The molecule has 0 N–H and O–H groups in total. The normalized spacial score (nSPS) is 11.5. The number of hydrogen-bond donors (Lipinski definition) is 0. The zero-order valence-corrected chi connectivity index (χ0v) is 24.9. The molecule has 46 heavy (non-hydrogen) atoms. The van der Waals surface area contributed by atoms with Crippen molar-refractivity contribution >= 4 is 49.3 Å². The first-order valence-electron chi connectivity index (χ1n) is 15.5. The van der Waals surface area contributed by atoms with Gasteiger partial charge in [0.25, 0.3) is 0 Å². The molecule has 2 aromatic heterocycles. The van der Waals surface area contributed by atoms with E-state index in [9.17, 15) is 0 Å². The Bertz CT molecular complexity index is 2560. The minimum atomic E-state index is 0.637. The molecule has 0 amide bonds. The smallest absolute Gasteiger partial charge is 0.194 e. The van der Waals surface area contributed by atoms with E-state index in [1.807, 2.05) is 18.2 Å². The van der Waals surface area contributed by atoms with Gasteiger partial charge in [-0.1, -0.05) is 121 Å². The molecule has 0 bridgehead atoms. The summed E-state index contributed by atoms with van der Waals surface area (Å²) in [5, 5.41) is 4.91. The van der Waals surface area contributed by atoms with Gasteiger partial charge in [-0.25, -0.2) is 4.85 Å². The van der Waals surface area contributed by atoms with E-state index in [0.717, 1.165) is 44.7 Å². The molecule has 7 aromatic carbocycles. The van der Waals surface area contributed by atoms with E-state index in [-0.39, 0.29) is 0 Å². The topological polar surface area (TPSA) is 14.2 Å². The van der Waals surface area contributed by atoms with E-state index in [1.54, 1.807) is 0 Å². The largest absolute Gasteiger partial charge is 0.309 e. The van der Waals surface area contributed by atoms with E-state index in [4.69, 9.17) is 6.57 Å². The monoisotopic (exact) mass is 585 g/mol. The van der Waals surface area contributed by atoms with Crippen LogP contribution in [0.1, 0.15) is 0 Å². The van der Waals surface area contributed by atoms with Crippen LogP contribution in [0.2, 0.25) is 0 Å². The second kappa shape index (κ2) is 10.4. The molecule has 0 aliphatic rings. The van der Waals surface area contributed by atoms with Gasteiger partial charge in [-0.3, -0.25) is 0 Å². The highest BCUT2D eigenvalue weighted by atomic mass is 15.0. The highest BCUT2D eigenvalue weighted by Crippen LogP contribution is 2.43. The molecule has 0 radical (unpaired) electrons. The maximum atomic E-state index is 8.07. The number of aromatic nitrogens is 2. The quantitative estimate of drug-likeness (QED) is 0.182. The minimum Gasteiger partial charge on any atom is -0.309 e. The summed E-state index contributed by atoms with van der Waals surface area (Å²) < 4.78 is 4.72. The molecule has 9 aromatic rings. The fourth-order valence-corrected chi connectivity index (χ4v) is 7.21. The van der Waals surface area contributed by atoms with E-state index in [2.05, 4.69) is 160 Å². The van der Waals surface area contributed by atoms with Crippen LogP contribution in [0.25, 0.3) is 82.1 Å². The highest BCUT2D eigenvalue weighted by molar-refractivity contribution is 6.11. The van der Waals surface area contributed by atoms with Crippen LogP contribution in [0.4, 0.5) is 5.69 Å². The summed E-state index contributed by atoms with van der Waals surface area (Å²) in [6, 6.07) is 57.7. The zero-order valence-electron chi connectivity index (χ0n) is 24.9. The summed E-state index contributed by atoms with van der Waals surface area (Å²) in [4.78, 5) is 3.97. The molecule has 0 aliphatic carbocycles. The van der Waals surface area contributed by atoms with Gasteiger partial charge in [-0.15, -0.1) is 0 Å². The Morgan fingerprint density at radius 1 is 0.370 bits per heavy atom.